The molecule has 26 heteroatoms. The van der Waals surface area contributed by atoms with Gasteiger partial charge in [-0.25, -0.2) is 29.1 Å². The molecule has 99 heavy (non-hydrogen) atoms. The van der Waals surface area contributed by atoms with E-state index in [0.717, 1.165) is 59.8 Å². The molecule has 532 valence electrons. The second kappa shape index (κ2) is 43.3. The lowest BCUT2D eigenvalue weighted by atomic mass is 9.95. The molecule has 0 aliphatic carbocycles. The number of benzene rings is 4. The first-order valence-electron chi connectivity index (χ1n) is 33.4. The molecule has 4 aromatic heterocycles. The molecule has 8 aromatic rings. The van der Waals surface area contributed by atoms with Crippen LogP contribution in [0.2, 0.25) is 0 Å². The molecule has 0 unspecified atom stereocenters. The summed E-state index contributed by atoms with van der Waals surface area (Å²) < 4.78 is 11.0. The van der Waals surface area contributed by atoms with Crippen LogP contribution in [-0.2, 0) is 71.0 Å². The van der Waals surface area contributed by atoms with E-state index in [9.17, 15) is 28.8 Å². The summed E-state index contributed by atoms with van der Waals surface area (Å²) in [7, 11) is 3.40. The van der Waals surface area contributed by atoms with Crippen molar-refractivity contribution in [1.82, 2.24) is 61.6 Å². The number of nitrogens with zero attached hydrogens (tertiary/aromatic N) is 6. The van der Waals surface area contributed by atoms with Gasteiger partial charge in [0.15, 0.2) is 0 Å². The fraction of sp³-hybridized carbons (Fsp3) is 0.425. The Morgan fingerprint density at radius 3 is 1.09 bits per heavy atom. The number of nitrogens with one attached hydrogen (secondary N) is 6. The van der Waals surface area contributed by atoms with E-state index in [-0.39, 0.29) is 86.6 Å². The van der Waals surface area contributed by atoms with Crippen LogP contribution in [0, 0.1) is 0 Å². The molecule has 21 nitrogen and oxygen atoms in total. The Balaban J connectivity index is 0.000000309. The smallest absolute Gasteiger partial charge is 0.407 e. The molecule has 8 N–H and O–H groups in total. The van der Waals surface area contributed by atoms with E-state index in [1.165, 1.54) is 27.6 Å². The van der Waals surface area contributed by atoms with Gasteiger partial charge < -0.3 is 56.9 Å². The number of urea groups is 2. The second-order valence-electron chi connectivity index (χ2n) is 24.8. The summed E-state index contributed by atoms with van der Waals surface area (Å²) in [4.78, 5) is 102. The largest absolute Gasteiger partial charge is 0.444 e. The van der Waals surface area contributed by atoms with Gasteiger partial charge in [-0.3, -0.25) is 19.6 Å². The Morgan fingerprint density at radius 1 is 0.465 bits per heavy atom. The van der Waals surface area contributed by atoms with Crippen LogP contribution in [0.3, 0.4) is 0 Å². The number of carbonyl (C=O) groups excluding carboxylic acids is 6. The van der Waals surface area contributed by atoms with Gasteiger partial charge in [0.1, 0.15) is 25.3 Å². The SMILES string of the molecule is CC(C)c1nc(CN(C)C(=O)N[C@@H](CCN)C(=O)N[C@H](CC[C@H](Cc2ccccc2)NC(=O)OCc2cncs2)Cc2ccccc2)cs1.CCC[C@H](NC(=O)N(C)Cc1csc(C(C)C)n1)C(=O)N[C@H](CC[C@H](Cc1ccccc1)NC(=O)OCc1cncs1)Cc1ccccc1.Cl. The van der Waals surface area contributed by atoms with E-state index in [0.29, 0.717) is 82.7 Å². The maximum absolute atomic E-state index is 13.8. The average Bonchev–Trinajstić information content (AvgIpc) is 1.95. The molecular formula is C73H96ClN13O8S4. The first-order valence-corrected chi connectivity index (χ1v) is 36.9. The third-order valence-corrected chi connectivity index (χ3v) is 19.8. The molecule has 8 rings (SSSR count). The number of hydrogen-bond donors (Lipinski definition) is 7. The van der Waals surface area contributed by atoms with Gasteiger partial charge in [-0.1, -0.05) is 162 Å². The monoisotopic (exact) mass is 1450 g/mol. The highest BCUT2D eigenvalue weighted by molar-refractivity contribution is 7.10. The highest BCUT2D eigenvalue weighted by Crippen LogP contribution is 2.23. The van der Waals surface area contributed by atoms with Crippen molar-refractivity contribution in [2.24, 2.45) is 5.73 Å². The van der Waals surface area contributed by atoms with Gasteiger partial charge in [0.2, 0.25) is 11.8 Å². The van der Waals surface area contributed by atoms with E-state index < -0.39 is 24.3 Å². The van der Waals surface area contributed by atoms with Crippen molar-refractivity contribution >= 4 is 93.8 Å². The molecule has 0 saturated carbocycles. The van der Waals surface area contributed by atoms with Crippen molar-refractivity contribution in [3.05, 3.63) is 209 Å². The van der Waals surface area contributed by atoms with Gasteiger partial charge in [-0.2, -0.15) is 0 Å². The Bertz CT molecular complexity index is 3380. The minimum Gasteiger partial charge on any atom is -0.444 e. The number of thiazole rings is 4. The van der Waals surface area contributed by atoms with Crippen molar-refractivity contribution in [1.29, 1.82) is 0 Å². The summed E-state index contributed by atoms with van der Waals surface area (Å²) >= 11 is 6.02. The van der Waals surface area contributed by atoms with Gasteiger partial charge in [-0.05, 0) is 93.0 Å². The molecule has 4 heterocycles. The summed E-state index contributed by atoms with van der Waals surface area (Å²) in [6.45, 7) is 11.6. The van der Waals surface area contributed by atoms with Gasteiger partial charge in [0, 0.05) is 73.3 Å². The number of nitrogens with two attached hydrogens (primary N) is 1. The molecule has 4 aromatic carbocycles. The van der Waals surface area contributed by atoms with Crippen LogP contribution in [0.25, 0.3) is 0 Å². The first-order chi connectivity index (χ1) is 47.4. The highest BCUT2D eigenvalue weighted by Gasteiger charge is 2.29. The highest BCUT2D eigenvalue weighted by atomic mass is 35.5. The number of ether oxygens (including phenoxy) is 2. The molecule has 6 atom stereocenters. The van der Waals surface area contributed by atoms with E-state index in [1.807, 2.05) is 139 Å². The topological polar surface area (TPSA) is 277 Å². The van der Waals surface area contributed by atoms with Crippen LogP contribution in [0.1, 0.15) is 145 Å². The van der Waals surface area contributed by atoms with Crippen molar-refractivity contribution in [3.8, 4) is 0 Å². The Labute approximate surface area is 604 Å². The van der Waals surface area contributed by atoms with Gasteiger partial charge in [0.05, 0.1) is 55.3 Å². The van der Waals surface area contributed by atoms with E-state index in [4.69, 9.17) is 15.2 Å². The number of rotatable bonds is 36. The summed E-state index contributed by atoms with van der Waals surface area (Å²) in [5.41, 5.74) is 15.2. The van der Waals surface area contributed by atoms with Crippen molar-refractivity contribution in [2.75, 3.05) is 20.6 Å². The number of halogens is 1. The summed E-state index contributed by atoms with van der Waals surface area (Å²) in [6, 6.07) is 36.7. The lowest BCUT2D eigenvalue weighted by Crippen LogP contribution is -2.53. The zero-order chi connectivity index (χ0) is 70.0. The standard InChI is InChI=1S/C37H48N6O4S2.C36H47N7O4S2.ClH/c1-5-12-33(42-36(45)43(4)22-31-24-48-35(40-31)26(2)3)34(44)39-29(19-27-13-8-6-9-14-27)17-18-30(20-28-15-10-7-11-16-28)41-37(46)47-23-32-21-38-25-49-32;1-25(2)34-40-30(23-48-34)21-43(3)35(45)42-32(16-17-37)33(44)39-28(18-26-10-6-4-7-11-26)14-15-29(19-27-12-8-5-9-13-27)41-36(46)47-22-31-20-38-24-49-31;/h6-11,13-16,21,24-26,29-30,33H,5,12,17-20,22-23H2,1-4H3,(H,39,44)(H,41,46)(H,42,45);4-13,20,23-25,28-29,32H,14-19,21-22,37H2,1-3H3,(H,39,44)(H,41,46)(H,42,45);1H/t29-,30-,33+;28-,29-,32+;/m11./s1. The summed E-state index contributed by atoms with van der Waals surface area (Å²) in [5.74, 6) is 0.107. The number of aromatic nitrogens is 4. The number of carbonyl (C=O) groups is 6. The van der Waals surface area contributed by atoms with E-state index in [2.05, 4.69) is 79.5 Å². The minimum absolute atomic E-state index is 0. The quantitative estimate of drug-likeness (QED) is 0.0193. The fourth-order valence-electron chi connectivity index (χ4n) is 10.7. The number of amides is 8. The first kappa shape index (κ1) is 79.7. The maximum atomic E-state index is 13.8. The van der Waals surface area contributed by atoms with Crippen molar-refractivity contribution in [3.63, 3.8) is 0 Å². The molecule has 0 aliphatic heterocycles. The zero-order valence-corrected chi connectivity index (χ0v) is 61.6. The molecule has 0 aliphatic rings. The lowest BCUT2D eigenvalue weighted by molar-refractivity contribution is -0.124. The van der Waals surface area contributed by atoms with E-state index in [1.54, 1.807) is 65.1 Å². The molecule has 0 radical (unpaired) electrons. The van der Waals surface area contributed by atoms with Crippen LogP contribution in [0.15, 0.2) is 156 Å². The second-order valence-corrected chi connectivity index (χ2v) is 28.6. The Morgan fingerprint density at radius 2 is 0.798 bits per heavy atom. The number of hydrogen-bond acceptors (Lipinski definition) is 17. The third-order valence-electron chi connectivity index (χ3n) is 15.9. The van der Waals surface area contributed by atoms with E-state index >= 15 is 0 Å². The molecule has 0 spiro atoms. The lowest BCUT2D eigenvalue weighted by Gasteiger charge is -2.27. The van der Waals surface area contributed by atoms with Crippen LogP contribution < -0.4 is 37.6 Å². The molecule has 0 fully saturated rings. The number of alkyl carbamates (subject to hydrolysis) is 2. The van der Waals surface area contributed by atoms with Crippen molar-refractivity contribution in [2.45, 2.75) is 180 Å². The van der Waals surface area contributed by atoms with Gasteiger partial charge >= 0.3 is 24.2 Å². The summed E-state index contributed by atoms with van der Waals surface area (Å²) in [6.07, 6.45) is 8.60. The maximum Gasteiger partial charge on any atom is 0.407 e. The van der Waals surface area contributed by atoms with Crippen LogP contribution in [0.4, 0.5) is 19.2 Å². The van der Waals surface area contributed by atoms with Gasteiger partial charge in [0.25, 0.3) is 0 Å². The fourth-order valence-corrected chi connectivity index (χ4v) is 13.3. The van der Waals surface area contributed by atoms with Gasteiger partial charge in [-0.15, -0.1) is 57.8 Å². The molecule has 0 bridgehead atoms. The third kappa shape index (κ3) is 29.2. The zero-order valence-electron chi connectivity index (χ0n) is 57.5. The Kier molecular flexibility index (Phi) is 34.8. The normalized spacial score (nSPS) is 12.8. The summed E-state index contributed by atoms with van der Waals surface area (Å²) in [5, 5.41) is 24.3. The van der Waals surface area contributed by atoms with Crippen molar-refractivity contribution < 1.29 is 38.2 Å². The predicted octanol–water partition coefficient (Wildman–Crippen LogP) is 13.1. The molecular weight excluding hydrogens is 1350 g/mol. The average molecular weight is 1450 g/mol. The predicted molar refractivity (Wildman–Crippen MR) is 397 cm³/mol. The van der Waals surface area contributed by atoms with Crippen LogP contribution in [-0.4, -0.2) is 123 Å². The van der Waals surface area contributed by atoms with Crippen LogP contribution in [0.5, 0.6) is 0 Å². The molecule has 0 saturated heterocycles. The van der Waals surface area contributed by atoms with Crippen LogP contribution >= 0.6 is 57.8 Å². The molecule has 8 amide bonds. The minimum atomic E-state index is -0.820. The Hall–Kier alpha value is -8.33.